The molecule has 110 valence electrons. The van der Waals surface area contributed by atoms with Crippen molar-refractivity contribution in [3.8, 4) is 11.8 Å². The number of hydrogen-bond acceptors (Lipinski definition) is 4. The van der Waals surface area contributed by atoms with Crippen LogP contribution in [0.1, 0.15) is 29.5 Å². The SMILES string of the molecule is CCc1ccc([C@H]2C(C#N)=C(N)Oc3cc(N)ccc32)cc1. The van der Waals surface area contributed by atoms with Crippen LogP contribution in [0.15, 0.2) is 53.9 Å². The third-order valence-corrected chi connectivity index (χ3v) is 3.96. The summed E-state index contributed by atoms with van der Waals surface area (Å²) in [6, 6.07) is 15.9. The lowest BCUT2D eigenvalue weighted by Gasteiger charge is -2.26. The van der Waals surface area contributed by atoms with Crippen LogP contribution in [-0.4, -0.2) is 0 Å². The highest BCUT2D eigenvalue weighted by Gasteiger charge is 2.30. The molecule has 1 aliphatic heterocycles. The zero-order valence-corrected chi connectivity index (χ0v) is 12.3. The van der Waals surface area contributed by atoms with Gasteiger partial charge < -0.3 is 16.2 Å². The van der Waals surface area contributed by atoms with Crippen LogP contribution in [0.5, 0.6) is 5.75 Å². The summed E-state index contributed by atoms with van der Waals surface area (Å²) in [7, 11) is 0. The van der Waals surface area contributed by atoms with E-state index in [9.17, 15) is 5.26 Å². The Morgan fingerprint density at radius 1 is 1.14 bits per heavy atom. The van der Waals surface area contributed by atoms with E-state index in [1.165, 1.54) is 5.56 Å². The van der Waals surface area contributed by atoms with Crippen LogP contribution in [0, 0.1) is 11.3 Å². The second-order valence-corrected chi connectivity index (χ2v) is 5.32. The van der Waals surface area contributed by atoms with Gasteiger partial charge in [0.05, 0.1) is 5.92 Å². The summed E-state index contributed by atoms with van der Waals surface area (Å²) >= 11 is 0. The topological polar surface area (TPSA) is 85.1 Å². The number of rotatable bonds is 2. The second-order valence-electron chi connectivity index (χ2n) is 5.32. The highest BCUT2D eigenvalue weighted by Crippen LogP contribution is 2.42. The first-order chi connectivity index (χ1) is 10.6. The molecule has 4 heteroatoms. The molecule has 0 saturated heterocycles. The monoisotopic (exact) mass is 291 g/mol. The quantitative estimate of drug-likeness (QED) is 0.833. The Balaban J connectivity index is 2.16. The van der Waals surface area contributed by atoms with Crippen molar-refractivity contribution >= 4 is 5.69 Å². The lowest BCUT2D eigenvalue weighted by atomic mass is 9.83. The lowest BCUT2D eigenvalue weighted by molar-refractivity contribution is 0.394. The molecule has 0 spiro atoms. The van der Waals surface area contributed by atoms with Crippen molar-refractivity contribution in [1.29, 1.82) is 5.26 Å². The fourth-order valence-electron chi connectivity index (χ4n) is 2.76. The van der Waals surface area contributed by atoms with E-state index in [0.717, 1.165) is 17.5 Å². The van der Waals surface area contributed by atoms with Crippen LogP contribution >= 0.6 is 0 Å². The summed E-state index contributed by atoms with van der Waals surface area (Å²) in [5.74, 6) is 0.534. The van der Waals surface area contributed by atoms with Gasteiger partial charge in [-0.25, -0.2) is 0 Å². The largest absolute Gasteiger partial charge is 0.440 e. The van der Waals surface area contributed by atoms with Crippen molar-refractivity contribution in [1.82, 2.24) is 0 Å². The van der Waals surface area contributed by atoms with Crippen molar-refractivity contribution in [2.24, 2.45) is 5.73 Å². The van der Waals surface area contributed by atoms with Gasteiger partial charge >= 0.3 is 0 Å². The van der Waals surface area contributed by atoms with Crippen molar-refractivity contribution in [3.63, 3.8) is 0 Å². The van der Waals surface area contributed by atoms with Crippen molar-refractivity contribution in [2.75, 3.05) is 5.73 Å². The number of nitriles is 1. The number of nitrogen functional groups attached to an aromatic ring is 1. The van der Waals surface area contributed by atoms with Crippen LogP contribution in [0.25, 0.3) is 0 Å². The minimum Gasteiger partial charge on any atom is -0.440 e. The summed E-state index contributed by atoms with van der Waals surface area (Å²) in [6.07, 6.45) is 0.976. The van der Waals surface area contributed by atoms with Gasteiger partial charge in [0.1, 0.15) is 17.4 Å². The number of allylic oxidation sites excluding steroid dienone is 1. The third kappa shape index (κ3) is 2.27. The Morgan fingerprint density at radius 2 is 1.86 bits per heavy atom. The summed E-state index contributed by atoms with van der Waals surface area (Å²) in [5, 5.41) is 9.48. The molecule has 2 aromatic carbocycles. The predicted octanol–water partition coefficient (Wildman–Crippen LogP) is 3.05. The Labute approximate surface area is 129 Å². The summed E-state index contributed by atoms with van der Waals surface area (Å²) in [6.45, 7) is 2.11. The number of hydrogen-bond donors (Lipinski definition) is 2. The van der Waals surface area contributed by atoms with Gasteiger partial charge in [0.25, 0.3) is 0 Å². The minimum atomic E-state index is -0.222. The van der Waals surface area contributed by atoms with Gasteiger partial charge in [0.2, 0.25) is 5.88 Å². The second kappa shape index (κ2) is 5.45. The van der Waals surface area contributed by atoms with E-state index < -0.39 is 0 Å². The van der Waals surface area contributed by atoms with E-state index >= 15 is 0 Å². The molecule has 0 bridgehead atoms. The fraction of sp³-hybridized carbons (Fsp3) is 0.167. The maximum Gasteiger partial charge on any atom is 0.205 e. The molecule has 0 saturated carbocycles. The Bertz CT molecular complexity index is 785. The van der Waals surface area contributed by atoms with E-state index in [1.807, 2.05) is 24.3 Å². The van der Waals surface area contributed by atoms with E-state index in [-0.39, 0.29) is 11.8 Å². The molecule has 0 unspecified atom stereocenters. The van der Waals surface area contributed by atoms with Crippen LogP contribution in [0.2, 0.25) is 0 Å². The third-order valence-electron chi connectivity index (χ3n) is 3.96. The maximum atomic E-state index is 9.48. The Hall–Kier alpha value is -2.93. The first-order valence-corrected chi connectivity index (χ1v) is 7.20. The number of nitrogens with two attached hydrogens (primary N) is 2. The van der Waals surface area contributed by atoms with Crippen LogP contribution in [0.4, 0.5) is 5.69 Å². The van der Waals surface area contributed by atoms with Crippen molar-refractivity contribution in [3.05, 3.63) is 70.6 Å². The highest BCUT2D eigenvalue weighted by atomic mass is 16.5. The van der Waals surface area contributed by atoms with Gasteiger partial charge in [0.15, 0.2) is 0 Å². The molecule has 0 radical (unpaired) electrons. The summed E-state index contributed by atoms with van der Waals surface area (Å²) in [4.78, 5) is 0. The molecular weight excluding hydrogens is 274 g/mol. The Morgan fingerprint density at radius 3 is 2.50 bits per heavy atom. The molecule has 4 nitrogen and oxygen atoms in total. The molecule has 0 aromatic heterocycles. The lowest BCUT2D eigenvalue weighted by Crippen LogP contribution is -2.21. The van der Waals surface area contributed by atoms with Crippen molar-refractivity contribution < 1.29 is 4.74 Å². The molecule has 3 rings (SSSR count). The molecule has 0 fully saturated rings. The summed E-state index contributed by atoms with van der Waals surface area (Å²) in [5.41, 5.74) is 16.0. The molecule has 0 amide bonds. The molecule has 22 heavy (non-hydrogen) atoms. The van der Waals surface area contributed by atoms with E-state index in [1.54, 1.807) is 6.07 Å². The molecule has 0 aliphatic carbocycles. The number of benzene rings is 2. The minimum absolute atomic E-state index is 0.144. The predicted molar refractivity (Wildman–Crippen MR) is 86.0 cm³/mol. The van der Waals surface area contributed by atoms with Gasteiger partial charge in [-0.1, -0.05) is 37.3 Å². The average Bonchev–Trinajstić information content (AvgIpc) is 2.53. The highest BCUT2D eigenvalue weighted by molar-refractivity contribution is 5.59. The Kier molecular flexibility index (Phi) is 3.48. The first kappa shape index (κ1) is 14.0. The number of ether oxygens (including phenoxy) is 1. The molecule has 1 aliphatic rings. The standard InChI is InChI=1S/C18H17N3O/c1-2-11-3-5-12(6-4-11)17-14-8-7-13(20)9-16(14)22-18(21)15(17)10-19/h3-9,17H,2,20-21H2,1H3/t17-/m1/s1. The molecule has 1 atom stereocenters. The van der Waals surface area contributed by atoms with Gasteiger partial charge in [-0.2, -0.15) is 5.26 Å². The van der Waals surface area contributed by atoms with E-state index in [0.29, 0.717) is 17.0 Å². The van der Waals surface area contributed by atoms with Gasteiger partial charge in [-0.15, -0.1) is 0 Å². The smallest absolute Gasteiger partial charge is 0.205 e. The zero-order chi connectivity index (χ0) is 15.7. The van der Waals surface area contributed by atoms with E-state index in [2.05, 4.69) is 25.1 Å². The van der Waals surface area contributed by atoms with Crippen LogP contribution in [-0.2, 0) is 6.42 Å². The first-order valence-electron chi connectivity index (χ1n) is 7.20. The van der Waals surface area contributed by atoms with Crippen LogP contribution in [0.3, 0.4) is 0 Å². The van der Waals surface area contributed by atoms with Gasteiger partial charge in [-0.05, 0) is 23.6 Å². The molecular formula is C18H17N3O. The number of aryl methyl sites for hydroxylation is 1. The van der Waals surface area contributed by atoms with Crippen LogP contribution < -0.4 is 16.2 Å². The van der Waals surface area contributed by atoms with Gasteiger partial charge in [0, 0.05) is 17.3 Å². The molecule has 4 N–H and O–H groups in total. The van der Waals surface area contributed by atoms with E-state index in [4.69, 9.17) is 16.2 Å². The molecule has 1 heterocycles. The van der Waals surface area contributed by atoms with Gasteiger partial charge in [-0.3, -0.25) is 0 Å². The summed E-state index contributed by atoms with van der Waals surface area (Å²) < 4.78 is 5.57. The number of fused-ring (bicyclic) bond motifs is 1. The zero-order valence-electron chi connectivity index (χ0n) is 12.3. The fourth-order valence-corrected chi connectivity index (χ4v) is 2.76. The number of anilines is 1. The normalized spacial score (nSPS) is 16.6. The maximum absolute atomic E-state index is 9.48. The van der Waals surface area contributed by atoms with Crippen molar-refractivity contribution in [2.45, 2.75) is 19.3 Å². The number of nitrogens with zero attached hydrogens (tertiary/aromatic N) is 1. The average molecular weight is 291 g/mol. The molecule has 2 aromatic rings.